The summed E-state index contributed by atoms with van der Waals surface area (Å²) >= 11 is 0. The summed E-state index contributed by atoms with van der Waals surface area (Å²) in [5.41, 5.74) is 6.70. The molecule has 0 unspecified atom stereocenters. The zero-order valence-electron chi connectivity index (χ0n) is 16.6. The van der Waals surface area contributed by atoms with Gasteiger partial charge in [-0.1, -0.05) is 37.3 Å². The zero-order valence-corrected chi connectivity index (χ0v) is 16.6. The van der Waals surface area contributed by atoms with Gasteiger partial charge in [-0.25, -0.2) is 0 Å². The molecule has 30 heavy (non-hydrogen) atoms. The minimum Gasteiger partial charge on any atom is -0.455 e. The highest BCUT2D eigenvalue weighted by atomic mass is 16.5. The Morgan fingerprint density at radius 3 is 2.40 bits per heavy atom. The van der Waals surface area contributed by atoms with Crippen LogP contribution < -0.4 is 15.8 Å². The molecule has 1 saturated heterocycles. The number of nitrogens with one attached hydrogen (secondary N) is 2. The summed E-state index contributed by atoms with van der Waals surface area (Å²) in [5, 5.41) is 0. The predicted octanol–water partition coefficient (Wildman–Crippen LogP) is 1.61. The van der Waals surface area contributed by atoms with E-state index in [1.807, 2.05) is 31.2 Å². The van der Waals surface area contributed by atoms with Gasteiger partial charge in [-0.2, -0.15) is 0 Å². The average Bonchev–Trinajstić information content (AvgIpc) is 3.18. The van der Waals surface area contributed by atoms with Crippen LogP contribution in [-0.4, -0.2) is 36.8 Å². The van der Waals surface area contributed by atoms with Crippen molar-refractivity contribution in [2.45, 2.75) is 19.8 Å². The Labute approximate surface area is 174 Å². The minimum absolute atomic E-state index is 0.0285. The number of ether oxygens (including phenoxy) is 1. The molecule has 2 N–H and O–H groups in total. The molecule has 156 valence electrons. The molecule has 2 aromatic carbocycles. The third kappa shape index (κ3) is 5.22. The van der Waals surface area contributed by atoms with Crippen LogP contribution in [0.5, 0.6) is 0 Å². The Bertz CT molecular complexity index is 928. The molecular formula is C22H23N3O5. The summed E-state index contributed by atoms with van der Waals surface area (Å²) in [6.45, 7) is 1.70. The lowest BCUT2D eigenvalue weighted by Gasteiger charge is -2.17. The number of hydrazine groups is 1. The highest BCUT2D eigenvalue weighted by molar-refractivity contribution is 5.99. The number of benzene rings is 2. The van der Waals surface area contributed by atoms with Gasteiger partial charge in [-0.3, -0.25) is 30.0 Å². The SMILES string of the molecule is CCc1ccc(N2C[C@@H](C(=O)OCC(=O)NNC(=O)c3ccccc3)CC2=O)cc1. The van der Waals surface area contributed by atoms with Crippen molar-refractivity contribution >= 4 is 29.4 Å². The molecule has 1 atom stereocenters. The van der Waals surface area contributed by atoms with Gasteiger partial charge in [0.05, 0.1) is 5.92 Å². The van der Waals surface area contributed by atoms with E-state index < -0.39 is 30.3 Å². The van der Waals surface area contributed by atoms with E-state index in [0.29, 0.717) is 5.56 Å². The van der Waals surface area contributed by atoms with Crippen molar-refractivity contribution in [3.05, 3.63) is 65.7 Å². The molecule has 8 heteroatoms. The summed E-state index contributed by atoms with van der Waals surface area (Å²) in [6.07, 6.45) is 0.928. The van der Waals surface area contributed by atoms with Gasteiger partial charge in [0.25, 0.3) is 11.8 Å². The molecule has 0 radical (unpaired) electrons. The van der Waals surface area contributed by atoms with Crippen molar-refractivity contribution in [3.63, 3.8) is 0 Å². The number of hydrogen-bond acceptors (Lipinski definition) is 5. The molecule has 8 nitrogen and oxygen atoms in total. The Balaban J connectivity index is 1.45. The molecule has 1 aliphatic heterocycles. The highest BCUT2D eigenvalue weighted by Crippen LogP contribution is 2.26. The van der Waals surface area contributed by atoms with Crippen LogP contribution in [0.2, 0.25) is 0 Å². The van der Waals surface area contributed by atoms with Gasteiger partial charge in [-0.05, 0) is 36.2 Å². The van der Waals surface area contributed by atoms with Gasteiger partial charge in [0, 0.05) is 24.2 Å². The van der Waals surface area contributed by atoms with Gasteiger partial charge in [-0.15, -0.1) is 0 Å². The van der Waals surface area contributed by atoms with Gasteiger partial charge in [0.2, 0.25) is 5.91 Å². The lowest BCUT2D eigenvalue weighted by molar-refractivity contribution is -0.152. The van der Waals surface area contributed by atoms with Crippen LogP contribution in [0.25, 0.3) is 0 Å². The summed E-state index contributed by atoms with van der Waals surface area (Å²) < 4.78 is 5.01. The Hall–Kier alpha value is -3.68. The van der Waals surface area contributed by atoms with Crippen LogP contribution in [0, 0.1) is 5.92 Å². The molecule has 2 aromatic rings. The first-order valence-corrected chi connectivity index (χ1v) is 9.68. The van der Waals surface area contributed by atoms with E-state index >= 15 is 0 Å². The number of nitrogens with zero attached hydrogens (tertiary/aromatic N) is 1. The van der Waals surface area contributed by atoms with Crippen LogP contribution in [-0.2, 0) is 25.5 Å². The van der Waals surface area contributed by atoms with Gasteiger partial charge < -0.3 is 9.64 Å². The first kappa shape index (κ1) is 21.0. The lowest BCUT2D eigenvalue weighted by Crippen LogP contribution is -2.43. The van der Waals surface area contributed by atoms with Crippen LogP contribution in [0.1, 0.15) is 29.3 Å². The average molecular weight is 409 g/mol. The Morgan fingerprint density at radius 2 is 1.73 bits per heavy atom. The van der Waals surface area contributed by atoms with Crippen molar-refractivity contribution < 1.29 is 23.9 Å². The summed E-state index contributed by atoms with van der Waals surface area (Å²) in [7, 11) is 0. The zero-order chi connectivity index (χ0) is 21.5. The van der Waals surface area contributed by atoms with E-state index in [9.17, 15) is 19.2 Å². The molecule has 1 aliphatic rings. The van der Waals surface area contributed by atoms with Crippen LogP contribution >= 0.6 is 0 Å². The number of hydrogen-bond donors (Lipinski definition) is 2. The smallest absolute Gasteiger partial charge is 0.311 e. The molecule has 3 amide bonds. The van der Waals surface area contributed by atoms with Crippen molar-refractivity contribution in [1.82, 2.24) is 10.9 Å². The second-order valence-corrected chi connectivity index (χ2v) is 6.90. The Kier molecular flexibility index (Phi) is 6.79. The number of rotatable bonds is 6. The largest absolute Gasteiger partial charge is 0.455 e. The summed E-state index contributed by atoms with van der Waals surface area (Å²) in [5.74, 6) is -2.60. The normalized spacial score (nSPS) is 15.6. The topological polar surface area (TPSA) is 105 Å². The van der Waals surface area contributed by atoms with E-state index in [1.165, 1.54) is 0 Å². The fourth-order valence-corrected chi connectivity index (χ4v) is 3.11. The number of esters is 1. The van der Waals surface area contributed by atoms with Crippen molar-refractivity contribution in [1.29, 1.82) is 0 Å². The van der Waals surface area contributed by atoms with Gasteiger partial charge >= 0.3 is 5.97 Å². The van der Waals surface area contributed by atoms with E-state index in [-0.39, 0.29) is 18.9 Å². The maximum atomic E-state index is 12.3. The summed E-state index contributed by atoms with van der Waals surface area (Å²) in [6, 6.07) is 16.0. The van der Waals surface area contributed by atoms with E-state index in [1.54, 1.807) is 35.2 Å². The molecule has 0 bridgehead atoms. The minimum atomic E-state index is -0.677. The highest BCUT2D eigenvalue weighted by Gasteiger charge is 2.36. The van der Waals surface area contributed by atoms with Crippen molar-refractivity contribution in [3.8, 4) is 0 Å². The van der Waals surface area contributed by atoms with E-state index in [2.05, 4.69) is 10.9 Å². The fourth-order valence-electron chi connectivity index (χ4n) is 3.11. The van der Waals surface area contributed by atoms with E-state index in [4.69, 9.17) is 4.74 Å². The molecule has 3 rings (SSSR count). The molecule has 0 aromatic heterocycles. The molecule has 1 heterocycles. The number of aryl methyl sites for hydroxylation is 1. The maximum absolute atomic E-state index is 12.3. The Morgan fingerprint density at radius 1 is 1.03 bits per heavy atom. The van der Waals surface area contributed by atoms with Gasteiger partial charge in [0.15, 0.2) is 6.61 Å². The standard InChI is InChI=1S/C22H23N3O5/c1-2-15-8-10-18(11-9-15)25-13-17(12-20(25)27)22(29)30-14-19(26)23-24-21(28)16-6-4-3-5-7-16/h3-11,17H,2,12-14H2,1H3,(H,23,26)(H,24,28)/t17-/m0/s1. The summed E-state index contributed by atoms with van der Waals surface area (Å²) in [4.78, 5) is 49.8. The molecule has 0 saturated carbocycles. The second kappa shape index (κ2) is 9.69. The van der Waals surface area contributed by atoms with Crippen LogP contribution in [0.4, 0.5) is 5.69 Å². The molecule has 0 aliphatic carbocycles. The molecule has 1 fully saturated rings. The first-order valence-electron chi connectivity index (χ1n) is 9.68. The predicted molar refractivity (Wildman–Crippen MR) is 109 cm³/mol. The number of anilines is 1. The fraction of sp³-hybridized carbons (Fsp3) is 0.273. The molecular weight excluding hydrogens is 386 g/mol. The van der Waals surface area contributed by atoms with Crippen LogP contribution in [0.15, 0.2) is 54.6 Å². The first-order chi connectivity index (χ1) is 14.5. The lowest BCUT2D eigenvalue weighted by atomic mass is 10.1. The third-order valence-electron chi connectivity index (χ3n) is 4.81. The number of carbonyl (C=O) groups is 4. The van der Waals surface area contributed by atoms with E-state index in [0.717, 1.165) is 17.7 Å². The van der Waals surface area contributed by atoms with Crippen LogP contribution in [0.3, 0.4) is 0 Å². The van der Waals surface area contributed by atoms with Crippen molar-refractivity contribution in [2.75, 3.05) is 18.1 Å². The third-order valence-corrected chi connectivity index (χ3v) is 4.81. The van der Waals surface area contributed by atoms with Crippen molar-refractivity contribution in [2.24, 2.45) is 5.92 Å². The molecule has 0 spiro atoms. The monoisotopic (exact) mass is 409 g/mol. The number of carbonyl (C=O) groups excluding carboxylic acids is 4. The van der Waals surface area contributed by atoms with Gasteiger partial charge in [0.1, 0.15) is 0 Å². The maximum Gasteiger partial charge on any atom is 0.311 e. The quantitative estimate of drug-likeness (QED) is 0.557. The second-order valence-electron chi connectivity index (χ2n) is 6.90. The number of amides is 3.